The highest BCUT2D eigenvalue weighted by molar-refractivity contribution is 7.90. The lowest BCUT2D eigenvalue weighted by molar-refractivity contribution is -0.159. The van der Waals surface area contributed by atoms with Crippen LogP contribution in [0.15, 0.2) is 77.7 Å². The van der Waals surface area contributed by atoms with Gasteiger partial charge in [-0.05, 0) is 94.6 Å². The minimum Gasteiger partial charge on any atom is -0.494 e. The number of unbranched alkanes of at least 4 members (excludes halogenated alkanes) is 3. The number of hydrogen-bond donors (Lipinski definition) is 2. The third kappa shape index (κ3) is 10.8. The highest BCUT2D eigenvalue weighted by Gasteiger charge is 2.29. The summed E-state index contributed by atoms with van der Waals surface area (Å²) >= 11 is 0. The number of rotatable bonds is 18. The number of para-hydroxylation sites is 1. The molecule has 3 aromatic carbocycles. The zero-order valence-electron chi connectivity index (χ0n) is 29.6. The maximum absolute atomic E-state index is 14.1. The topological polar surface area (TPSA) is 143 Å². The van der Waals surface area contributed by atoms with E-state index >= 15 is 0 Å². The molecular weight excluding hydrogens is 657 g/mol. The Kier molecular flexibility index (Phi) is 15.7. The molecule has 4 rings (SSSR count). The van der Waals surface area contributed by atoms with Crippen molar-refractivity contribution in [2.75, 3.05) is 26.2 Å². The van der Waals surface area contributed by atoms with Crippen molar-refractivity contribution in [2.24, 2.45) is 0 Å². The van der Waals surface area contributed by atoms with Gasteiger partial charge in [0.05, 0.1) is 22.6 Å². The van der Waals surface area contributed by atoms with Crippen LogP contribution in [0.3, 0.4) is 0 Å². The zero-order chi connectivity index (χ0) is 36.7. The van der Waals surface area contributed by atoms with Crippen molar-refractivity contribution in [3.8, 4) is 5.75 Å². The van der Waals surface area contributed by atoms with Crippen molar-refractivity contribution in [1.82, 2.24) is 8.87 Å². The van der Waals surface area contributed by atoms with Gasteiger partial charge in [-0.1, -0.05) is 75.9 Å². The van der Waals surface area contributed by atoms with Gasteiger partial charge in [-0.2, -0.15) is 0 Å². The first-order chi connectivity index (χ1) is 24.0. The number of nitrogens with zero attached hydrogens (tertiary/aromatic N) is 2. The van der Waals surface area contributed by atoms with E-state index in [9.17, 15) is 13.2 Å². The number of benzene rings is 3. The number of aromatic nitrogens is 1. The number of fused-ring (bicyclic) bond motifs is 1. The summed E-state index contributed by atoms with van der Waals surface area (Å²) in [5.74, 6) is -3.10. The van der Waals surface area contributed by atoms with Gasteiger partial charge in [0, 0.05) is 23.2 Å². The SMILES string of the molecule is CCCCc1c(C(=O)c2ccc(OCCCN(CCCC)CCCC)cc2)c2ccccc2n1S(=O)(=O)c1ccc(C)cc1.O=C(O)C(=O)O. The maximum Gasteiger partial charge on any atom is 0.414 e. The molecule has 11 heteroatoms. The predicted octanol–water partition coefficient (Wildman–Crippen LogP) is 7.59. The standard InChI is InChI=1S/C37H48N2O4S.C2H2O4/c1-5-8-15-35-36(33-14-11-12-16-34(33)39(35)44(41,42)32-23-17-29(4)18-24-32)37(40)30-19-21-31(22-20-30)43-28-13-27-38(25-9-6-2)26-10-7-3;3-1(4)2(5)6/h11-12,14,16-24H,5-10,13,15,25-28H2,1-4H3;(H,3,4)(H,5,6). The Balaban J connectivity index is 0.00000103. The molecular formula is C39H50N2O8S. The average Bonchev–Trinajstić information content (AvgIpc) is 3.45. The molecule has 0 saturated heterocycles. The fourth-order valence-corrected chi connectivity index (χ4v) is 7.18. The van der Waals surface area contributed by atoms with Gasteiger partial charge >= 0.3 is 11.9 Å². The monoisotopic (exact) mass is 706 g/mol. The summed E-state index contributed by atoms with van der Waals surface area (Å²) < 4.78 is 35.6. The van der Waals surface area contributed by atoms with E-state index in [4.69, 9.17) is 24.5 Å². The van der Waals surface area contributed by atoms with Gasteiger partial charge in [0.1, 0.15) is 5.75 Å². The van der Waals surface area contributed by atoms with Crippen LogP contribution in [-0.2, 0) is 26.0 Å². The molecule has 1 aromatic heterocycles. The molecule has 0 bridgehead atoms. The molecule has 10 nitrogen and oxygen atoms in total. The summed E-state index contributed by atoms with van der Waals surface area (Å²) in [5, 5.41) is 15.4. The van der Waals surface area contributed by atoms with E-state index in [1.807, 2.05) is 37.3 Å². The van der Waals surface area contributed by atoms with Crippen molar-refractivity contribution in [3.63, 3.8) is 0 Å². The highest BCUT2D eigenvalue weighted by Crippen LogP contribution is 2.33. The maximum atomic E-state index is 14.1. The second-order valence-corrected chi connectivity index (χ2v) is 14.0. The Labute approximate surface area is 295 Å². The van der Waals surface area contributed by atoms with Crippen LogP contribution in [-0.4, -0.2) is 71.5 Å². The molecule has 2 N–H and O–H groups in total. The Morgan fingerprint density at radius 2 is 1.30 bits per heavy atom. The fourth-order valence-electron chi connectivity index (χ4n) is 5.60. The van der Waals surface area contributed by atoms with E-state index in [-0.39, 0.29) is 10.7 Å². The number of ketones is 1. The lowest BCUT2D eigenvalue weighted by atomic mass is 9.98. The van der Waals surface area contributed by atoms with Crippen LogP contribution in [0.4, 0.5) is 0 Å². The van der Waals surface area contributed by atoms with Crippen molar-refractivity contribution >= 4 is 38.6 Å². The second-order valence-electron chi connectivity index (χ2n) is 12.2. The van der Waals surface area contributed by atoms with Gasteiger partial charge in [0.25, 0.3) is 10.0 Å². The molecule has 0 aliphatic rings. The van der Waals surface area contributed by atoms with Gasteiger partial charge in [0.15, 0.2) is 5.78 Å². The first-order valence-electron chi connectivity index (χ1n) is 17.4. The van der Waals surface area contributed by atoms with Crippen LogP contribution < -0.4 is 4.74 Å². The number of aliphatic carboxylic acids is 2. The zero-order valence-corrected chi connectivity index (χ0v) is 30.4. The van der Waals surface area contributed by atoms with Gasteiger partial charge in [-0.3, -0.25) is 4.79 Å². The molecule has 1 heterocycles. The molecule has 0 aliphatic carbocycles. The first-order valence-corrected chi connectivity index (χ1v) is 18.8. The largest absolute Gasteiger partial charge is 0.494 e. The van der Waals surface area contributed by atoms with Gasteiger partial charge in [-0.15, -0.1) is 0 Å². The summed E-state index contributed by atoms with van der Waals surface area (Å²) in [4.78, 5) is 35.1. The molecule has 270 valence electrons. The number of carboxylic acid groups (broad SMARTS) is 2. The summed E-state index contributed by atoms with van der Waals surface area (Å²) in [7, 11) is -3.93. The minimum absolute atomic E-state index is 0.181. The summed E-state index contributed by atoms with van der Waals surface area (Å²) in [6.07, 6.45) is 7.91. The molecule has 0 aliphatic heterocycles. The molecule has 0 atom stereocenters. The van der Waals surface area contributed by atoms with Gasteiger partial charge in [0.2, 0.25) is 0 Å². The lowest BCUT2D eigenvalue weighted by Gasteiger charge is -2.21. The molecule has 50 heavy (non-hydrogen) atoms. The van der Waals surface area contributed by atoms with E-state index in [0.717, 1.165) is 50.2 Å². The van der Waals surface area contributed by atoms with Gasteiger partial charge < -0.3 is 19.8 Å². The number of ether oxygens (including phenoxy) is 1. The smallest absolute Gasteiger partial charge is 0.414 e. The fraction of sp³-hybridized carbons (Fsp3) is 0.410. The Morgan fingerprint density at radius 3 is 1.86 bits per heavy atom. The predicted molar refractivity (Wildman–Crippen MR) is 196 cm³/mol. The van der Waals surface area contributed by atoms with Gasteiger partial charge in [-0.25, -0.2) is 22.0 Å². The third-order valence-electron chi connectivity index (χ3n) is 8.32. The Morgan fingerprint density at radius 1 is 0.740 bits per heavy atom. The molecule has 0 saturated carbocycles. The average molecular weight is 707 g/mol. The molecule has 0 radical (unpaired) electrons. The molecule has 4 aromatic rings. The molecule has 0 amide bonds. The Bertz CT molecular complexity index is 1790. The minimum atomic E-state index is -3.93. The van der Waals surface area contributed by atoms with Crippen LogP contribution in [0.25, 0.3) is 10.9 Å². The molecule has 0 unspecified atom stereocenters. The van der Waals surface area contributed by atoms with Crippen LogP contribution in [0.1, 0.15) is 92.9 Å². The van der Waals surface area contributed by atoms with E-state index in [0.29, 0.717) is 40.8 Å². The summed E-state index contributed by atoms with van der Waals surface area (Å²) in [6, 6.07) is 21.4. The number of aryl methyl sites for hydroxylation is 1. The lowest BCUT2D eigenvalue weighted by Crippen LogP contribution is -2.28. The summed E-state index contributed by atoms with van der Waals surface area (Å²) in [6.45, 7) is 12.4. The first kappa shape index (κ1) is 40.0. The van der Waals surface area contributed by atoms with Crippen molar-refractivity contribution in [1.29, 1.82) is 0 Å². The van der Waals surface area contributed by atoms with Crippen molar-refractivity contribution in [2.45, 2.75) is 84.0 Å². The van der Waals surface area contributed by atoms with Crippen LogP contribution in [0, 0.1) is 6.92 Å². The quantitative estimate of drug-likeness (QED) is 0.0608. The Hall–Kier alpha value is -4.48. The molecule has 0 spiro atoms. The number of carbonyl (C=O) groups excluding carboxylic acids is 1. The number of hydrogen-bond acceptors (Lipinski definition) is 7. The van der Waals surface area contributed by atoms with Crippen molar-refractivity contribution < 1.29 is 37.8 Å². The third-order valence-corrected chi connectivity index (χ3v) is 10.1. The number of carbonyl (C=O) groups is 3. The second kappa shape index (κ2) is 19.6. The van der Waals surface area contributed by atoms with E-state index in [1.165, 1.54) is 29.7 Å². The number of carboxylic acids is 2. The van der Waals surface area contributed by atoms with Crippen LogP contribution in [0.5, 0.6) is 5.75 Å². The van der Waals surface area contributed by atoms with E-state index in [1.54, 1.807) is 42.5 Å². The summed E-state index contributed by atoms with van der Waals surface area (Å²) in [5.41, 5.74) is 3.01. The van der Waals surface area contributed by atoms with Crippen LogP contribution in [0.2, 0.25) is 0 Å². The molecule has 0 fully saturated rings. The van der Waals surface area contributed by atoms with Crippen LogP contribution >= 0.6 is 0 Å². The van der Waals surface area contributed by atoms with E-state index in [2.05, 4.69) is 25.7 Å². The normalized spacial score (nSPS) is 11.3. The van der Waals surface area contributed by atoms with E-state index < -0.39 is 22.0 Å². The van der Waals surface area contributed by atoms with Crippen molar-refractivity contribution in [3.05, 3.63) is 95.2 Å². The highest BCUT2D eigenvalue weighted by atomic mass is 32.2.